The molecule has 0 aliphatic carbocycles. The van der Waals surface area contributed by atoms with Crippen molar-refractivity contribution < 1.29 is 9.32 Å². The molecular weight excluding hydrogens is 378 g/mol. The van der Waals surface area contributed by atoms with Crippen molar-refractivity contribution in [2.75, 3.05) is 25.0 Å². The predicted octanol–water partition coefficient (Wildman–Crippen LogP) is 3.93. The van der Waals surface area contributed by atoms with Gasteiger partial charge in [-0.3, -0.25) is 0 Å². The van der Waals surface area contributed by atoms with Crippen molar-refractivity contribution in [3.63, 3.8) is 0 Å². The largest absolute Gasteiger partial charge is 0.360 e. The molecule has 1 atom stereocenters. The van der Waals surface area contributed by atoms with Crippen molar-refractivity contribution >= 4 is 34.4 Å². The highest BCUT2D eigenvalue weighted by atomic mass is 35.5. The molecule has 1 unspecified atom stereocenters. The van der Waals surface area contributed by atoms with Crippen LogP contribution in [0.5, 0.6) is 0 Å². The van der Waals surface area contributed by atoms with Gasteiger partial charge in [0.2, 0.25) is 0 Å². The van der Waals surface area contributed by atoms with E-state index in [4.69, 9.17) is 16.1 Å². The number of fused-ring (bicyclic) bond motifs is 1. The molecule has 1 fully saturated rings. The molecule has 1 aliphatic heterocycles. The Bertz CT molecular complexity index is 982. The second-order valence-corrected chi connectivity index (χ2v) is 7.77. The predicted molar refractivity (Wildman–Crippen MR) is 110 cm³/mol. The van der Waals surface area contributed by atoms with E-state index in [0.29, 0.717) is 11.6 Å². The Morgan fingerprint density at radius 1 is 1.43 bits per heavy atom. The Kier molecular flexibility index (Phi) is 5.17. The van der Waals surface area contributed by atoms with E-state index < -0.39 is 0 Å². The maximum atomic E-state index is 12.7. The summed E-state index contributed by atoms with van der Waals surface area (Å²) in [5, 5.41) is 8.84. The van der Waals surface area contributed by atoms with Crippen molar-refractivity contribution in [1.29, 1.82) is 0 Å². The molecular formula is C20H24ClN5O2. The molecule has 2 amide bonds. The minimum Gasteiger partial charge on any atom is -0.360 e. The first-order valence-corrected chi connectivity index (χ1v) is 9.83. The SMILES string of the molecule is Cc1cc(N2CCCC(N(C)C(=O)NCc3cc4cc(Cl)ccc4[nH]3)C2)no1. The molecule has 2 aromatic heterocycles. The number of likely N-dealkylation sites (N-methyl/N-ethyl adjacent to an activating group) is 1. The van der Waals surface area contributed by atoms with Gasteiger partial charge >= 0.3 is 6.03 Å². The van der Waals surface area contributed by atoms with Crippen LogP contribution in [0.2, 0.25) is 5.02 Å². The van der Waals surface area contributed by atoms with E-state index in [1.165, 1.54) is 0 Å². The van der Waals surface area contributed by atoms with Crippen LogP contribution >= 0.6 is 11.6 Å². The van der Waals surface area contributed by atoms with Crippen LogP contribution in [0.3, 0.4) is 0 Å². The Morgan fingerprint density at radius 2 is 2.29 bits per heavy atom. The van der Waals surface area contributed by atoms with E-state index in [1.807, 2.05) is 44.3 Å². The second-order valence-electron chi connectivity index (χ2n) is 7.33. The number of hydrogen-bond donors (Lipinski definition) is 2. The van der Waals surface area contributed by atoms with Crippen molar-refractivity contribution in [3.8, 4) is 0 Å². The number of carbonyl (C=O) groups excluding carboxylic acids is 1. The number of piperidine rings is 1. The number of aromatic nitrogens is 2. The lowest BCUT2D eigenvalue weighted by molar-refractivity contribution is 0.182. The third-order valence-corrected chi connectivity index (χ3v) is 5.51. The Hall–Kier alpha value is -2.67. The van der Waals surface area contributed by atoms with E-state index in [9.17, 15) is 4.79 Å². The molecule has 148 valence electrons. The number of hydrogen-bond acceptors (Lipinski definition) is 4. The minimum atomic E-state index is -0.0835. The molecule has 1 saturated heterocycles. The maximum absolute atomic E-state index is 12.7. The highest BCUT2D eigenvalue weighted by molar-refractivity contribution is 6.31. The van der Waals surface area contributed by atoms with Crippen LogP contribution in [0.1, 0.15) is 24.3 Å². The number of aryl methyl sites for hydroxylation is 1. The third-order valence-electron chi connectivity index (χ3n) is 5.27. The summed E-state index contributed by atoms with van der Waals surface area (Å²) in [6, 6.07) is 9.69. The van der Waals surface area contributed by atoms with Gasteiger partial charge in [-0.2, -0.15) is 0 Å². The average Bonchev–Trinajstić information content (AvgIpc) is 3.31. The highest BCUT2D eigenvalue weighted by Gasteiger charge is 2.27. The van der Waals surface area contributed by atoms with Crippen LogP contribution in [-0.2, 0) is 6.54 Å². The molecule has 0 radical (unpaired) electrons. The van der Waals surface area contributed by atoms with Gasteiger partial charge < -0.3 is 24.6 Å². The van der Waals surface area contributed by atoms with Gasteiger partial charge in [0, 0.05) is 47.8 Å². The van der Waals surface area contributed by atoms with Gasteiger partial charge in [0.1, 0.15) is 5.76 Å². The average molecular weight is 402 g/mol. The Labute approximate surface area is 168 Å². The summed E-state index contributed by atoms with van der Waals surface area (Å²) in [6.07, 6.45) is 1.99. The number of urea groups is 1. The molecule has 28 heavy (non-hydrogen) atoms. The van der Waals surface area contributed by atoms with Crippen LogP contribution in [0.15, 0.2) is 34.9 Å². The highest BCUT2D eigenvalue weighted by Crippen LogP contribution is 2.22. The summed E-state index contributed by atoms with van der Waals surface area (Å²) in [7, 11) is 1.85. The van der Waals surface area contributed by atoms with Crippen molar-refractivity contribution in [2.24, 2.45) is 0 Å². The van der Waals surface area contributed by atoms with Gasteiger partial charge in [0.15, 0.2) is 5.82 Å². The third kappa shape index (κ3) is 3.94. The molecule has 0 bridgehead atoms. The van der Waals surface area contributed by atoms with Crippen molar-refractivity contribution in [1.82, 2.24) is 20.4 Å². The molecule has 0 spiro atoms. The summed E-state index contributed by atoms with van der Waals surface area (Å²) < 4.78 is 5.18. The van der Waals surface area contributed by atoms with Gasteiger partial charge in [0.05, 0.1) is 12.6 Å². The smallest absolute Gasteiger partial charge is 0.317 e. The lowest BCUT2D eigenvalue weighted by Crippen LogP contribution is -2.51. The summed E-state index contributed by atoms with van der Waals surface area (Å²) in [5.41, 5.74) is 1.95. The van der Waals surface area contributed by atoms with Crippen LogP contribution < -0.4 is 10.2 Å². The molecule has 0 saturated carbocycles. The van der Waals surface area contributed by atoms with Crippen molar-refractivity contribution in [3.05, 3.63) is 46.8 Å². The molecule has 7 nitrogen and oxygen atoms in total. The zero-order valence-electron chi connectivity index (χ0n) is 16.0. The standard InChI is InChI=1S/C20H24ClN5O2/c1-13-8-19(24-28-13)26-7-3-4-17(12-26)25(2)20(27)22-11-16-10-14-9-15(21)5-6-18(14)23-16/h5-6,8-10,17,23H,3-4,7,11-12H2,1-2H3,(H,22,27). The van der Waals surface area contributed by atoms with E-state index in [1.54, 1.807) is 4.90 Å². The lowest BCUT2D eigenvalue weighted by atomic mass is 10.0. The molecule has 4 rings (SSSR count). The van der Waals surface area contributed by atoms with Crippen LogP contribution in [-0.4, -0.2) is 47.3 Å². The minimum absolute atomic E-state index is 0.0835. The van der Waals surface area contributed by atoms with Gasteiger partial charge in [-0.25, -0.2) is 4.79 Å². The Morgan fingerprint density at radius 3 is 3.07 bits per heavy atom. The summed E-state index contributed by atoms with van der Waals surface area (Å²) in [5.74, 6) is 1.63. The summed E-state index contributed by atoms with van der Waals surface area (Å²) in [6.45, 7) is 4.00. The topological polar surface area (TPSA) is 77.4 Å². The number of carbonyl (C=O) groups is 1. The first-order valence-electron chi connectivity index (χ1n) is 9.45. The van der Waals surface area contributed by atoms with Crippen molar-refractivity contribution in [2.45, 2.75) is 32.4 Å². The Balaban J connectivity index is 1.35. The van der Waals surface area contributed by atoms with Gasteiger partial charge in [0.25, 0.3) is 0 Å². The van der Waals surface area contributed by atoms with E-state index in [-0.39, 0.29) is 12.1 Å². The number of amides is 2. The van der Waals surface area contributed by atoms with Gasteiger partial charge in [-0.05, 0) is 44.0 Å². The maximum Gasteiger partial charge on any atom is 0.317 e. The summed E-state index contributed by atoms with van der Waals surface area (Å²) >= 11 is 6.04. The molecule has 2 N–H and O–H groups in total. The monoisotopic (exact) mass is 401 g/mol. The van der Waals surface area contributed by atoms with E-state index in [2.05, 4.69) is 20.4 Å². The van der Waals surface area contributed by atoms with Crippen LogP contribution in [0, 0.1) is 6.92 Å². The number of nitrogens with one attached hydrogen (secondary N) is 2. The quantitative estimate of drug-likeness (QED) is 0.694. The summed E-state index contributed by atoms with van der Waals surface area (Å²) in [4.78, 5) is 19.9. The van der Waals surface area contributed by atoms with E-state index in [0.717, 1.165) is 54.1 Å². The number of rotatable bonds is 4. The van der Waals surface area contributed by atoms with Crippen LogP contribution in [0.4, 0.5) is 10.6 Å². The fraction of sp³-hybridized carbons (Fsp3) is 0.400. The molecule has 1 aromatic carbocycles. The fourth-order valence-corrected chi connectivity index (χ4v) is 3.88. The molecule has 3 heterocycles. The van der Waals surface area contributed by atoms with Gasteiger partial charge in [-0.15, -0.1) is 0 Å². The number of anilines is 1. The number of halogens is 1. The normalized spacial score (nSPS) is 17.1. The fourth-order valence-electron chi connectivity index (χ4n) is 3.70. The zero-order chi connectivity index (χ0) is 19.7. The van der Waals surface area contributed by atoms with E-state index >= 15 is 0 Å². The number of aromatic amines is 1. The molecule has 3 aromatic rings. The molecule has 1 aliphatic rings. The van der Waals surface area contributed by atoms with Gasteiger partial charge in [-0.1, -0.05) is 16.8 Å². The second kappa shape index (κ2) is 7.75. The first kappa shape index (κ1) is 18.7. The van der Waals surface area contributed by atoms with Crippen LogP contribution in [0.25, 0.3) is 10.9 Å². The first-order chi connectivity index (χ1) is 13.5. The zero-order valence-corrected chi connectivity index (χ0v) is 16.8. The molecule has 8 heteroatoms. The number of H-pyrrole nitrogens is 1. The number of benzene rings is 1. The number of nitrogens with zero attached hydrogens (tertiary/aromatic N) is 3. The lowest BCUT2D eigenvalue weighted by Gasteiger charge is -2.37.